The Morgan fingerprint density at radius 2 is 1.88 bits per heavy atom. The van der Waals surface area contributed by atoms with Crippen LogP contribution in [0.15, 0.2) is 36.8 Å². The number of urea groups is 1. The van der Waals surface area contributed by atoms with Crippen molar-refractivity contribution in [1.82, 2.24) is 24.1 Å². The molecule has 2 aliphatic rings. The Morgan fingerprint density at radius 3 is 2.49 bits per heavy atom. The van der Waals surface area contributed by atoms with Crippen molar-refractivity contribution < 1.29 is 19.1 Å². The van der Waals surface area contributed by atoms with Crippen LogP contribution in [-0.4, -0.2) is 75.7 Å². The average molecular weight is 586 g/mol. The molecular weight excluding hydrogens is 538 g/mol. The number of carbonyl (C=O) groups excluding carboxylic acids is 2. The minimum atomic E-state index is -0.750. The molecular formula is C31H47N5O4S. The molecule has 1 aliphatic carbocycles. The smallest absolute Gasteiger partial charge is 0.327 e. The fraction of sp³-hybridized carbons (Fsp3) is 0.645. The van der Waals surface area contributed by atoms with Gasteiger partial charge in [0.15, 0.2) is 0 Å². The van der Waals surface area contributed by atoms with Crippen LogP contribution in [0.5, 0.6) is 5.75 Å². The Balaban J connectivity index is 1.44. The molecule has 2 fully saturated rings. The Kier molecular flexibility index (Phi) is 11.4. The SMILES string of the molecule is CCCOC1(C2CCCCC2)CCN(C(=O)[C@@H](Cc2ccc(OC)cc2)N(S)C(=O)NCCc2cn(C)cn2)CC1. The molecule has 9 nitrogen and oxygen atoms in total. The first kappa shape index (κ1) is 31.2. The fourth-order valence-corrected chi connectivity index (χ4v) is 6.55. The topological polar surface area (TPSA) is 88.9 Å². The van der Waals surface area contributed by atoms with Crippen molar-refractivity contribution in [1.29, 1.82) is 0 Å². The molecule has 0 bridgehead atoms. The molecule has 1 N–H and O–H groups in total. The number of imidazole rings is 1. The summed E-state index contributed by atoms with van der Waals surface area (Å²) in [6.07, 6.45) is 13.5. The van der Waals surface area contributed by atoms with Crippen LogP contribution in [0.2, 0.25) is 0 Å². The van der Waals surface area contributed by atoms with Gasteiger partial charge in [0, 0.05) is 52.3 Å². The molecule has 0 spiro atoms. The quantitative estimate of drug-likeness (QED) is 0.349. The molecule has 1 aromatic heterocycles. The van der Waals surface area contributed by atoms with Crippen LogP contribution in [0, 0.1) is 5.92 Å². The monoisotopic (exact) mass is 585 g/mol. The number of methoxy groups -OCH3 is 1. The summed E-state index contributed by atoms with van der Waals surface area (Å²) in [5.74, 6) is 1.22. The summed E-state index contributed by atoms with van der Waals surface area (Å²) in [5, 5.41) is 2.91. The molecule has 1 aromatic carbocycles. The van der Waals surface area contributed by atoms with Crippen molar-refractivity contribution in [3.8, 4) is 5.75 Å². The number of amides is 3. The van der Waals surface area contributed by atoms with E-state index in [4.69, 9.17) is 9.47 Å². The van der Waals surface area contributed by atoms with Gasteiger partial charge in [-0.3, -0.25) is 9.10 Å². The van der Waals surface area contributed by atoms with Crippen LogP contribution in [0.25, 0.3) is 0 Å². The zero-order valence-corrected chi connectivity index (χ0v) is 25.8. The second-order valence-electron chi connectivity index (χ2n) is 11.5. The molecule has 41 heavy (non-hydrogen) atoms. The number of nitrogens with zero attached hydrogens (tertiary/aromatic N) is 4. The predicted octanol–water partition coefficient (Wildman–Crippen LogP) is 4.81. The zero-order valence-electron chi connectivity index (χ0n) is 24.9. The zero-order chi connectivity index (χ0) is 29.2. The Morgan fingerprint density at radius 1 is 1.17 bits per heavy atom. The van der Waals surface area contributed by atoms with E-state index in [1.165, 1.54) is 36.4 Å². The number of likely N-dealkylation sites (tertiary alicyclic amines) is 1. The summed E-state index contributed by atoms with van der Waals surface area (Å²) in [6.45, 7) is 4.56. The number of rotatable bonds is 12. The summed E-state index contributed by atoms with van der Waals surface area (Å²) < 4.78 is 15.0. The molecule has 2 aromatic rings. The van der Waals surface area contributed by atoms with Gasteiger partial charge in [0.05, 0.1) is 24.7 Å². The Hall–Kier alpha value is -2.72. The summed E-state index contributed by atoms with van der Waals surface area (Å²) in [6, 6.07) is 6.47. The van der Waals surface area contributed by atoms with E-state index < -0.39 is 12.1 Å². The number of ether oxygens (including phenoxy) is 2. The summed E-state index contributed by atoms with van der Waals surface area (Å²) in [5.41, 5.74) is 1.68. The van der Waals surface area contributed by atoms with Gasteiger partial charge in [-0.1, -0.05) is 51.1 Å². The highest BCUT2D eigenvalue weighted by Crippen LogP contribution is 2.42. The molecule has 1 aliphatic heterocycles. The molecule has 0 radical (unpaired) electrons. The van der Waals surface area contributed by atoms with Gasteiger partial charge in [-0.2, -0.15) is 0 Å². The number of thiol groups is 1. The normalized spacial score (nSPS) is 18.1. The van der Waals surface area contributed by atoms with E-state index in [2.05, 4.69) is 30.0 Å². The third-order valence-corrected chi connectivity index (χ3v) is 9.12. The lowest BCUT2D eigenvalue weighted by molar-refractivity contribution is -0.150. The van der Waals surface area contributed by atoms with Crippen LogP contribution < -0.4 is 10.1 Å². The number of benzene rings is 1. The number of hydrogen-bond acceptors (Lipinski definition) is 6. The predicted molar refractivity (Wildman–Crippen MR) is 163 cm³/mol. The second-order valence-corrected chi connectivity index (χ2v) is 11.9. The lowest BCUT2D eigenvalue weighted by atomic mass is 9.72. The maximum Gasteiger partial charge on any atom is 0.327 e. The summed E-state index contributed by atoms with van der Waals surface area (Å²) in [4.78, 5) is 33.5. The first-order valence-electron chi connectivity index (χ1n) is 15.1. The van der Waals surface area contributed by atoms with Crippen LogP contribution >= 0.6 is 12.8 Å². The lowest BCUT2D eigenvalue weighted by Crippen LogP contribution is -2.57. The number of aromatic nitrogens is 2. The van der Waals surface area contributed by atoms with E-state index >= 15 is 0 Å². The van der Waals surface area contributed by atoms with Gasteiger partial charge in [-0.25, -0.2) is 9.78 Å². The molecule has 1 saturated heterocycles. The van der Waals surface area contributed by atoms with Crippen molar-refractivity contribution in [3.05, 3.63) is 48.0 Å². The van der Waals surface area contributed by atoms with Gasteiger partial charge >= 0.3 is 6.03 Å². The van der Waals surface area contributed by atoms with Gasteiger partial charge in [0.2, 0.25) is 5.91 Å². The molecule has 4 rings (SSSR count). The maximum absolute atomic E-state index is 14.0. The standard InChI is InChI=1S/C31H47N5O4S/c1-4-20-40-31(25-8-6-5-7-9-25)15-18-35(19-16-31)29(37)28(21-24-10-12-27(39-3)13-11-24)36(41)30(38)32-17-14-26-22-34(2)23-33-26/h10-13,22-23,25,28,41H,4-9,14-21H2,1-3H3,(H,32,38)/t28-/m1/s1. The first-order chi connectivity index (χ1) is 19.8. The number of piperidine rings is 1. The van der Waals surface area contributed by atoms with E-state index in [9.17, 15) is 9.59 Å². The number of carbonyl (C=O) groups is 2. The van der Waals surface area contributed by atoms with Gasteiger partial charge in [-0.05, 0) is 55.7 Å². The van der Waals surface area contributed by atoms with Crippen LogP contribution in [0.3, 0.4) is 0 Å². The number of nitrogens with one attached hydrogen (secondary N) is 1. The third kappa shape index (κ3) is 8.19. The number of aryl methyl sites for hydroxylation is 1. The van der Waals surface area contributed by atoms with E-state index in [1.54, 1.807) is 13.4 Å². The van der Waals surface area contributed by atoms with Crippen molar-refractivity contribution >= 4 is 24.8 Å². The Bertz CT molecular complexity index is 1110. The molecule has 1 saturated carbocycles. The van der Waals surface area contributed by atoms with Gasteiger partial charge < -0.3 is 24.3 Å². The van der Waals surface area contributed by atoms with E-state index in [1.807, 2.05) is 47.0 Å². The van der Waals surface area contributed by atoms with Crippen molar-refractivity contribution in [2.24, 2.45) is 13.0 Å². The Labute approximate surface area is 250 Å². The minimum Gasteiger partial charge on any atom is -0.497 e. The molecule has 0 unspecified atom stereocenters. The highest BCUT2D eigenvalue weighted by Gasteiger charge is 2.44. The second kappa shape index (κ2) is 15.0. The fourth-order valence-electron chi connectivity index (χ4n) is 6.30. The highest BCUT2D eigenvalue weighted by atomic mass is 32.1. The van der Waals surface area contributed by atoms with E-state index in [0.717, 1.165) is 42.9 Å². The summed E-state index contributed by atoms with van der Waals surface area (Å²) in [7, 11) is 3.54. The number of hydrogen-bond donors (Lipinski definition) is 2. The van der Waals surface area contributed by atoms with Crippen LogP contribution in [-0.2, 0) is 29.4 Å². The highest BCUT2D eigenvalue weighted by molar-refractivity contribution is 7.78. The van der Waals surface area contributed by atoms with Gasteiger partial charge in [0.1, 0.15) is 11.8 Å². The molecule has 2 heterocycles. The largest absolute Gasteiger partial charge is 0.497 e. The van der Waals surface area contributed by atoms with E-state index in [0.29, 0.717) is 38.4 Å². The van der Waals surface area contributed by atoms with Crippen LogP contribution in [0.1, 0.15) is 69.5 Å². The van der Waals surface area contributed by atoms with Crippen molar-refractivity contribution in [2.75, 3.05) is 33.4 Å². The average Bonchev–Trinajstić information content (AvgIpc) is 3.43. The van der Waals surface area contributed by atoms with Gasteiger partial charge in [-0.15, -0.1) is 0 Å². The minimum absolute atomic E-state index is 0.0802. The molecule has 3 amide bonds. The molecule has 10 heteroatoms. The molecule has 1 atom stereocenters. The van der Waals surface area contributed by atoms with Crippen molar-refractivity contribution in [2.45, 2.75) is 82.8 Å². The third-order valence-electron chi connectivity index (χ3n) is 8.66. The van der Waals surface area contributed by atoms with Crippen molar-refractivity contribution in [3.63, 3.8) is 0 Å². The lowest BCUT2D eigenvalue weighted by Gasteiger charge is -2.48. The van der Waals surface area contributed by atoms with E-state index in [-0.39, 0.29) is 11.5 Å². The first-order valence-corrected chi connectivity index (χ1v) is 15.5. The van der Waals surface area contributed by atoms with Gasteiger partial charge in [0.25, 0.3) is 0 Å². The summed E-state index contributed by atoms with van der Waals surface area (Å²) >= 11 is 4.58. The molecule has 226 valence electrons. The van der Waals surface area contributed by atoms with Crippen LogP contribution in [0.4, 0.5) is 4.79 Å². The maximum atomic E-state index is 14.0.